The fourth-order valence-corrected chi connectivity index (χ4v) is 2.93. The average Bonchev–Trinajstić information content (AvgIpc) is 3.03. The van der Waals surface area contributed by atoms with E-state index in [9.17, 15) is 4.79 Å². The average molecular weight is 476 g/mol. The van der Waals surface area contributed by atoms with Gasteiger partial charge in [-0.25, -0.2) is 0 Å². The number of nitrogens with one attached hydrogen (secondary N) is 2. The van der Waals surface area contributed by atoms with E-state index in [-0.39, 0.29) is 29.9 Å². The lowest BCUT2D eigenvalue weighted by Crippen LogP contribution is -2.41. The van der Waals surface area contributed by atoms with Crippen molar-refractivity contribution in [1.29, 1.82) is 0 Å². The lowest BCUT2D eigenvalue weighted by atomic mass is 10.1. The van der Waals surface area contributed by atoms with Crippen LogP contribution in [0, 0.1) is 5.92 Å². The summed E-state index contributed by atoms with van der Waals surface area (Å²) < 4.78 is 11.0. The number of nitrogens with zero attached hydrogens (tertiary/aromatic N) is 2. The van der Waals surface area contributed by atoms with Crippen LogP contribution >= 0.6 is 24.0 Å². The number of halogens is 1. The fraction of sp³-hybridized carbons (Fsp3) is 0.556. The van der Waals surface area contributed by atoms with E-state index in [4.69, 9.17) is 9.47 Å². The Morgan fingerprint density at radius 3 is 2.92 bits per heavy atom. The largest absolute Gasteiger partial charge is 0.492 e. The minimum atomic E-state index is -0.0972. The zero-order chi connectivity index (χ0) is 18.1. The number of rotatable bonds is 7. The topological polar surface area (TPSA) is 75.2 Å². The monoisotopic (exact) mass is 476 g/mol. The molecule has 1 aromatic rings. The van der Waals surface area contributed by atoms with Gasteiger partial charge in [0.2, 0.25) is 5.91 Å². The number of aliphatic imine (C=N–C) groups is 1. The maximum Gasteiger partial charge on any atom is 0.221 e. The molecule has 8 heteroatoms. The van der Waals surface area contributed by atoms with Gasteiger partial charge in [0.15, 0.2) is 5.96 Å². The molecule has 0 saturated carbocycles. The molecule has 1 aliphatic heterocycles. The Bertz CT molecular complexity index is 598. The van der Waals surface area contributed by atoms with Crippen molar-refractivity contribution in [1.82, 2.24) is 10.2 Å². The number of benzene rings is 1. The first-order chi connectivity index (χ1) is 12.1. The molecule has 1 unspecified atom stereocenters. The molecule has 1 heterocycles. The van der Waals surface area contributed by atoms with Crippen molar-refractivity contribution in [2.24, 2.45) is 10.9 Å². The highest BCUT2D eigenvalue weighted by molar-refractivity contribution is 14.0. The first-order valence-corrected chi connectivity index (χ1v) is 8.57. The number of carbonyl (C=O) groups excluding carboxylic acids is 1. The van der Waals surface area contributed by atoms with Crippen molar-refractivity contribution in [2.45, 2.75) is 13.3 Å². The van der Waals surface area contributed by atoms with Crippen molar-refractivity contribution >= 4 is 41.5 Å². The molecule has 2 N–H and O–H groups in total. The van der Waals surface area contributed by atoms with Gasteiger partial charge in [0.25, 0.3) is 0 Å². The molecule has 0 aliphatic carbocycles. The molecule has 1 aromatic carbocycles. The van der Waals surface area contributed by atoms with Crippen LogP contribution in [-0.2, 0) is 9.53 Å². The van der Waals surface area contributed by atoms with Gasteiger partial charge in [-0.15, -0.1) is 24.0 Å². The van der Waals surface area contributed by atoms with E-state index in [1.54, 1.807) is 14.2 Å². The summed E-state index contributed by atoms with van der Waals surface area (Å²) in [5.41, 5.74) is 0.732. The Morgan fingerprint density at radius 2 is 2.23 bits per heavy atom. The van der Waals surface area contributed by atoms with Gasteiger partial charge >= 0.3 is 0 Å². The van der Waals surface area contributed by atoms with E-state index in [1.807, 2.05) is 24.3 Å². The number of amides is 1. The third-order valence-corrected chi connectivity index (χ3v) is 4.01. The maximum absolute atomic E-state index is 11.1. The van der Waals surface area contributed by atoms with Crippen molar-refractivity contribution in [3.63, 3.8) is 0 Å². The quantitative estimate of drug-likeness (QED) is 0.273. The van der Waals surface area contributed by atoms with Crippen molar-refractivity contribution in [3.8, 4) is 5.75 Å². The Kier molecular flexibility index (Phi) is 10.3. The molecule has 7 nitrogen and oxygen atoms in total. The second-order valence-electron chi connectivity index (χ2n) is 6.09. The van der Waals surface area contributed by atoms with E-state index in [0.717, 1.165) is 43.5 Å². The number of anilines is 1. The summed E-state index contributed by atoms with van der Waals surface area (Å²) in [7, 11) is 3.54. The van der Waals surface area contributed by atoms with Crippen LogP contribution in [-0.4, -0.2) is 63.8 Å². The normalized spacial score (nSPS) is 16.8. The Morgan fingerprint density at radius 1 is 1.42 bits per heavy atom. The summed E-state index contributed by atoms with van der Waals surface area (Å²) in [5, 5.41) is 6.08. The SMILES string of the molecule is CN=C(NCCOc1cccc(NC(C)=O)c1)N1CCC(COC)C1.I. The minimum absolute atomic E-state index is 0. The molecule has 1 fully saturated rings. The number of guanidine groups is 1. The highest BCUT2D eigenvalue weighted by Gasteiger charge is 2.24. The Balaban J connectivity index is 0.00000338. The van der Waals surface area contributed by atoms with Crippen LogP contribution in [0.2, 0.25) is 0 Å². The number of carbonyl (C=O) groups is 1. The molecular weight excluding hydrogens is 447 g/mol. The molecule has 1 aliphatic rings. The molecule has 1 saturated heterocycles. The lowest BCUT2D eigenvalue weighted by Gasteiger charge is -2.21. The summed E-state index contributed by atoms with van der Waals surface area (Å²) in [6.45, 7) is 5.40. The first kappa shape index (κ1) is 22.5. The molecule has 1 amide bonds. The number of hydrogen-bond donors (Lipinski definition) is 2. The van der Waals surface area contributed by atoms with E-state index in [2.05, 4.69) is 20.5 Å². The Labute approximate surface area is 172 Å². The predicted octanol–water partition coefficient (Wildman–Crippen LogP) is 2.19. The zero-order valence-corrected chi connectivity index (χ0v) is 18.0. The van der Waals surface area contributed by atoms with Crippen molar-refractivity contribution < 1.29 is 14.3 Å². The lowest BCUT2D eigenvalue weighted by molar-refractivity contribution is -0.114. The molecule has 0 radical (unpaired) electrons. The van der Waals surface area contributed by atoms with Crippen LogP contribution in [0.3, 0.4) is 0 Å². The van der Waals surface area contributed by atoms with Gasteiger partial charge in [-0.1, -0.05) is 6.07 Å². The van der Waals surface area contributed by atoms with Gasteiger partial charge in [-0.3, -0.25) is 9.79 Å². The molecule has 0 spiro atoms. The van der Waals surface area contributed by atoms with Crippen LogP contribution in [0.4, 0.5) is 5.69 Å². The Hall–Kier alpha value is -1.55. The molecule has 0 aromatic heterocycles. The van der Waals surface area contributed by atoms with Gasteiger partial charge in [0.05, 0.1) is 13.2 Å². The van der Waals surface area contributed by atoms with Gasteiger partial charge < -0.3 is 25.0 Å². The highest BCUT2D eigenvalue weighted by Crippen LogP contribution is 2.17. The molecule has 1 atom stereocenters. The zero-order valence-electron chi connectivity index (χ0n) is 15.7. The van der Waals surface area contributed by atoms with Gasteiger partial charge in [0, 0.05) is 51.8 Å². The fourth-order valence-electron chi connectivity index (χ4n) is 2.93. The predicted molar refractivity (Wildman–Crippen MR) is 115 cm³/mol. The second-order valence-corrected chi connectivity index (χ2v) is 6.09. The third-order valence-electron chi connectivity index (χ3n) is 4.01. The van der Waals surface area contributed by atoms with Crippen LogP contribution in [0.5, 0.6) is 5.75 Å². The van der Waals surface area contributed by atoms with Gasteiger partial charge in [0.1, 0.15) is 12.4 Å². The van der Waals surface area contributed by atoms with E-state index >= 15 is 0 Å². The molecular formula is C18H29IN4O3. The summed E-state index contributed by atoms with van der Waals surface area (Å²) in [4.78, 5) is 17.7. The van der Waals surface area contributed by atoms with Crippen molar-refractivity contribution in [3.05, 3.63) is 24.3 Å². The number of methoxy groups -OCH3 is 1. The number of ether oxygens (including phenoxy) is 2. The molecule has 26 heavy (non-hydrogen) atoms. The molecule has 2 rings (SSSR count). The van der Waals surface area contributed by atoms with E-state index in [1.165, 1.54) is 6.92 Å². The van der Waals surface area contributed by atoms with Crippen LogP contribution in [0.15, 0.2) is 29.3 Å². The smallest absolute Gasteiger partial charge is 0.221 e. The molecule has 146 valence electrons. The maximum atomic E-state index is 11.1. The van der Waals surface area contributed by atoms with E-state index in [0.29, 0.717) is 19.1 Å². The molecule has 0 bridgehead atoms. The number of hydrogen-bond acceptors (Lipinski definition) is 4. The van der Waals surface area contributed by atoms with Gasteiger partial charge in [-0.05, 0) is 18.6 Å². The highest BCUT2D eigenvalue weighted by atomic mass is 127. The van der Waals surface area contributed by atoms with Crippen LogP contribution < -0.4 is 15.4 Å². The summed E-state index contributed by atoms with van der Waals surface area (Å²) >= 11 is 0. The third kappa shape index (κ3) is 7.36. The van der Waals surface area contributed by atoms with Crippen LogP contribution in [0.1, 0.15) is 13.3 Å². The van der Waals surface area contributed by atoms with Crippen molar-refractivity contribution in [2.75, 3.05) is 52.3 Å². The van der Waals surface area contributed by atoms with E-state index < -0.39 is 0 Å². The van der Waals surface area contributed by atoms with Crippen LogP contribution in [0.25, 0.3) is 0 Å². The first-order valence-electron chi connectivity index (χ1n) is 8.57. The standard InChI is InChI=1S/C18H28N4O3.HI/c1-14(23)21-16-5-4-6-17(11-16)25-10-8-20-18(19-2)22-9-7-15(12-22)13-24-3;/h4-6,11,15H,7-10,12-13H2,1-3H3,(H,19,20)(H,21,23);1H. The second kappa shape index (κ2) is 11.9. The number of likely N-dealkylation sites (tertiary alicyclic amines) is 1. The minimum Gasteiger partial charge on any atom is -0.492 e. The summed E-state index contributed by atoms with van der Waals surface area (Å²) in [6.07, 6.45) is 1.13. The summed E-state index contributed by atoms with van der Waals surface area (Å²) in [5.74, 6) is 2.09. The van der Waals surface area contributed by atoms with Gasteiger partial charge in [-0.2, -0.15) is 0 Å². The summed E-state index contributed by atoms with van der Waals surface area (Å²) in [6, 6.07) is 7.37.